The number of nitrogens with zero attached hydrogens (tertiary/aromatic N) is 2. The molecule has 0 fully saturated rings. The van der Waals surface area contributed by atoms with Crippen LogP contribution >= 0.6 is 0 Å². The molecular formula is C82H116N2O4. The first-order chi connectivity index (χ1) is 43.6. The van der Waals surface area contributed by atoms with Crippen LogP contribution in [0.15, 0.2) is 97.3 Å². The van der Waals surface area contributed by atoms with E-state index in [-0.39, 0.29) is 0 Å². The van der Waals surface area contributed by atoms with Gasteiger partial charge in [-0.15, -0.1) is 0 Å². The molecule has 6 heteroatoms. The summed E-state index contributed by atoms with van der Waals surface area (Å²) in [6.45, 7) is 11.6. The van der Waals surface area contributed by atoms with Crippen molar-refractivity contribution in [1.29, 1.82) is 0 Å². The number of rotatable bonds is 49. The van der Waals surface area contributed by atoms with Crippen LogP contribution in [0.1, 0.15) is 318 Å². The van der Waals surface area contributed by atoms with Crippen LogP contribution in [0.3, 0.4) is 0 Å². The van der Waals surface area contributed by atoms with E-state index in [1.54, 1.807) is 6.20 Å². The number of hydrogen-bond donors (Lipinski definition) is 0. The van der Waals surface area contributed by atoms with Crippen molar-refractivity contribution < 1.29 is 18.9 Å². The molecule has 3 aromatic carbocycles. The summed E-state index contributed by atoms with van der Waals surface area (Å²) in [4.78, 5) is 9.25. The van der Waals surface area contributed by atoms with Gasteiger partial charge in [0.1, 0.15) is 23.0 Å². The zero-order valence-electron chi connectivity index (χ0n) is 55.9. The molecule has 0 radical (unpaired) electrons. The van der Waals surface area contributed by atoms with Gasteiger partial charge in [0.25, 0.3) is 0 Å². The van der Waals surface area contributed by atoms with E-state index in [0.29, 0.717) is 37.9 Å². The Bertz CT molecular complexity index is 2740. The van der Waals surface area contributed by atoms with E-state index in [2.05, 4.69) is 105 Å². The molecule has 6 nitrogen and oxygen atoms in total. The summed E-state index contributed by atoms with van der Waals surface area (Å²) in [6.07, 6.45) is 54.2. The predicted molar refractivity (Wildman–Crippen MR) is 374 cm³/mol. The summed E-state index contributed by atoms with van der Waals surface area (Å²) in [5, 5.41) is 0. The summed E-state index contributed by atoms with van der Waals surface area (Å²) < 4.78 is 27.1. The van der Waals surface area contributed by atoms with Gasteiger partial charge in [-0.1, -0.05) is 319 Å². The number of unbranched alkanes of at least 4 members (excludes halogenated alkanes) is 36. The molecule has 0 saturated heterocycles. The number of pyridine rings is 2. The van der Waals surface area contributed by atoms with Gasteiger partial charge in [0, 0.05) is 47.8 Å². The summed E-state index contributed by atoms with van der Waals surface area (Å²) >= 11 is 0. The first kappa shape index (κ1) is 72.6. The van der Waals surface area contributed by atoms with Crippen LogP contribution in [-0.4, -0.2) is 36.4 Å². The number of ether oxygens (including phenoxy) is 4. The fourth-order valence-electron chi connectivity index (χ4n) is 11.1. The Balaban J connectivity index is 1.48. The molecule has 0 aliphatic heterocycles. The van der Waals surface area contributed by atoms with Crippen molar-refractivity contribution in [2.45, 2.75) is 285 Å². The van der Waals surface area contributed by atoms with Crippen molar-refractivity contribution in [3.63, 3.8) is 0 Å². The van der Waals surface area contributed by atoms with Crippen molar-refractivity contribution >= 4 is 0 Å². The second kappa shape index (κ2) is 49.7. The molecule has 5 rings (SSSR count). The van der Waals surface area contributed by atoms with Gasteiger partial charge in [-0.05, 0) is 62.1 Å². The van der Waals surface area contributed by atoms with Crippen LogP contribution in [0, 0.1) is 35.5 Å². The Morgan fingerprint density at radius 3 is 0.841 bits per heavy atom. The largest absolute Gasteiger partial charge is 0.492 e. The molecule has 0 unspecified atom stereocenters. The molecule has 2 heterocycles. The quantitative estimate of drug-likeness (QED) is 0.0286. The van der Waals surface area contributed by atoms with Crippen LogP contribution in [0.25, 0.3) is 11.4 Å². The van der Waals surface area contributed by atoms with Crippen LogP contribution in [0.4, 0.5) is 0 Å². The van der Waals surface area contributed by atoms with E-state index in [1.807, 2.05) is 54.7 Å². The van der Waals surface area contributed by atoms with Gasteiger partial charge < -0.3 is 18.9 Å². The molecule has 5 aromatic rings. The molecule has 0 saturated carbocycles. The average Bonchev–Trinajstić information content (AvgIpc) is 3.01. The van der Waals surface area contributed by atoms with E-state index in [0.717, 1.165) is 108 Å². The van der Waals surface area contributed by atoms with Crippen molar-refractivity contribution in [3.05, 3.63) is 131 Å². The van der Waals surface area contributed by atoms with Gasteiger partial charge in [-0.25, -0.2) is 0 Å². The maximum atomic E-state index is 6.82. The van der Waals surface area contributed by atoms with Crippen LogP contribution in [0.2, 0.25) is 0 Å². The van der Waals surface area contributed by atoms with E-state index in [9.17, 15) is 0 Å². The Morgan fingerprint density at radius 2 is 0.545 bits per heavy atom. The molecule has 0 bridgehead atoms. The SMILES string of the molecule is CCCCCCCCCCCCOc1cc(C#Cc2cc(OCCCCCCCCCCCC)c(C#Cc3ccc(-c4ccccn4)nc3)cc2OCCCCCCCCCCCC)c(OCCCCCCCCCCCC)cc1C#Cc1ccccc1. The predicted octanol–water partition coefficient (Wildman–Crippen LogP) is 23.5. The zero-order chi connectivity index (χ0) is 61.8. The van der Waals surface area contributed by atoms with Gasteiger partial charge in [0.15, 0.2) is 0 Å². The third-order valence-corrected chi connectivity index (χ3v) is 16.7. The topological polar surface area (TPSA) is 62.7 Å². The standard InChI is InChI=1S/C82H116N2O4/c1-5-9-13-17-21-25-29-33-37-46-62-85-79-68-75(81(66-73(79)56-53-71-50-42-41-43-51-71)87-64-48-39-35-31-27-23-19-15-11-7-3)58-59-76-69-80(86-63-47-38-34-30-26-22-18-14-10-6-2)74(57-54-72-55-60-78(84-70-72)77-52-44-45-61-83-77)67-82(76)88-65-49-40-36-32-28-24-20-16-12-8-4/h41-45,50-52,55,60-61,66-70H,5-40,46-49,62-65H2,1-4H3. The first-order valence-electron chi connectivity index (χ1n) is 36.0. The minimum absolute atomic E-state index is 0.592. The molecular weight excluding hydrogens is 1080 g/mol. The van der Waals surface area contributed by atoms with E-state index >= 15 is 0 Å². The van der Waals surface area contributed by atoms with Gasteiger partial charge in [-0.3, -0.25) is 9.97 Å². The fraction of sp³-hybridized carbons (Fsp3) is 0.585. The highest BCUT2D eigenvalue weighted by molar-refractivity contribution is 5.64. The number of aromatic nitrogens is 2. The Labute approximate surface area is 537 Å². The monoisotopic (exact) mass is 1190 g/mol. The van der Waals surface area contributed by atoms with E-state index in [4.69, 9.17) is 23.9 Å². The van der Waals surface area contributed by atoms with E-state index in [1.165, 1.54) is 205 Å². The molecule has 0 spiro atoms. The number of hydrogen-bond acceptors (Lipinski definition) is 6. The molecule has 0 aliphatic rings. The lowest BCUT2D eigenvalue weighted by atomic mass is 10.1. The van der Waals surface area contributed by atoms with E-state index < -0.39 is 0 Å². The second-order valence-corrected chi connectivity index (χ2v) is 24.6. The van der Waals surface area contributed by atoms with Crippen LogP contribution in [-0.2, 0) is 0 Å². The molecule has 2 aromatic heterocycles. The third-order valence-electron chi connectivity index (χ3n) is 16.7. The number of benzene rings is 3. The highest BCUT2D eigenvalue weighted by atomic mass is 16.5. The summed E-state index contributed by atoms with van der Waals surface area (Å²) in [7, 11) is 0. The smallest absolute Gasteiger partial charge is 0.136 e. The van der Waals surface area contributed by atoms with Gasteiger partial charge >= 0.3 is 0 Å². The first-order valence-corrected chi connectivity index (χ1v) is 36.0. The lowest BCUT2D eigenvalue weighted by Crippen LogP contribution is -2.04. The minimum Gasteiger partial charge on any atom is -0.492 e. The van der Waals surface area contributed by atoms with Crippen molar-refractivity contribution in [1.82, 2.24) is 9.97 Å². The van der Waals surface area contributed by atoms with Gasteiger partial charge in [-0.2, -0.15) is 0 Å². The summed E-state index contributed by atoms with van der Waals surface area (Å²) in [6, 6.07) is 28.4. The lowest BCUT2D eigenvalue weighted by Gasteiger charge is -2.15. The second-order valence-electron chi connectivity index (χ2n) is 24.6. The lowest BCUT2D eigenvalue weighted by molar-refractivity contribution is 0.294. The molecule has 88 heavy (non-hydrogen) atoms. The summed E-state index contributed by atoms with van der Waals surface area (Å²) in [5.74, 6) is 24.0. The minimum atomic E-state index is 0.592. The van der Waals surface area contributed by atoms with Crippen molar-refractivity contribution in [2.75, 3.05) is 26.4 Å². The molecule has 0 atom stereocenters. The third kappa shape index (κ3) is 32.9. The van der Waals surface area contributed by atoms with Crippen molar-refractivity contribution in [3.8, 4) is 69.9 Å². The highest BCUT2D eigenvalue weighted by Gasteiger charge is 2.15. The molecule has 0 amide bonds. The average molecular weight is 1190 g/mol. The maximum absolute atomic E-state index is 6.82. The Morgan fingerprint density at radius 1 is 0.261 bits per heavy atom. The summed E-state index contributed by atoms with van der Waals surface area (Å²) in [5.41, 5.74) is 6.53. The van der Waals surface area contributed by atoms with Gasteiger partial charge in [0.05, 0.1) is 60.1 Å². The van der Waals surface area contributed by atoms with Crippen LogP contribution in [0.5, 0.6) is 23.0 Å². The van der Waals surface area contributed by atoms with Gasteiger partial charge in [0.2, 0.25) is 0 Å². The van der Waals surface area contributed by atoms with Crippen LogP contribution < -0.4 is 18.9 Å². The fourth-order valence-corrected chi connectivity index (χ4v) is 11.1. The molecule has 478 valence electrons. The Hall–Kier alpha value is -6.16. The zero-order valence-corrected chi connectivity index (χ0v) is 55.9. The molecule has 0 aliphatic carbocycles. The Kier molecular flexibility index (Phi) is 41.0. The normalized spacial score (nSPS) is 10.9. The highest BCUT2D eigenvalue weighted by Crippen LogP contribution is 2.33. The maximum Gasteiger partial charge on any atom is 0.136 e. The molecule has 0 N–H and O–H groups in total. The van der Waals surface area contributed by atoms with Crippen molar-refractivity contribution in [2.24, 2.45) is 0 Å².